The fourth-order valence-corrected chi connectivity index (χ4v) is 2.84. The van der Waals surface area contributed by atoms with E-state index in [1.165, 1.54) is 0 Å². The van der Waals surface area contributed by atoms with Crippen molar-refractivity contribution in [3.05, 3.63) is 47.1 Å². The van der Waals surface area contributed by atoms with Gasteiger partial charge in [-0.15, -0.1) is 0 Å². The molecule has 3 aliphatic rings. The number of allylic oxidation sites excluding steroid dienone is 6. The van der Waals surface area contributed by atoms with Crippen LogP contribution in [0.1, 0.15) is 12.8 Å². The number of nitrogens with one attached hydrogen (secondary N) is 1. The average Bonchev–Trinajstić information content (AvgIpc) is 3.02. The van der Waals surface area contributed by atoms with E-state index in [0.29, 0.717) is 25.0 Å². The van der Waals surface area contributed by atoms with Crippen LogP contribution in [0.5, 0.6) is 0 Å². The lowest BCUT2D eigenvalue weighted by Gasteiger charge is -2.36. The van der Waals surface area contributed by atoms with E-state index in [-0.39, 0.29) is 5.91 Å². The Balaban J connectivity index is 1.56. The molecule has 0 atom stereocenters. The summed E-state index contributed by atoms with van der Waals surface area (Å²) in [5, 5.41) is 13.4. The first kappa shape index (κ1) is 13.3. The molecule has 0 bridgehead atoms. The van der Waals surface area contributed by atoms with E-state index < -0.39 is 5.60 Å². The highest BCUT2D eigenvalue weighted by atomic mass is 16.3. The third kappa shape index (κ3) is 2.49. The lowest BCUT2D eigenvalue weighted by atomic mass is 9.91. The molecule has 3 rings (SSSR count). The van der Waals surface area contributed by atoms with Crippen molar-refractivity contribution in [3.8, 4) is 0 Å². The Morgan fingerprint density at radius 1 is 1.35 bits per heavy atom. The Morgan fingerprint density at radius 2 is 2.10 bits per heavy atom. The van der Waals surface area contributed by atoms with Crippen molar-refractivity contribution in [1.82, 2.24) is 10.2 Å². The predicted molar refractivity (Wildman–Crippen MR) is 78.1 cm³/mol. The fourth-order valence-electron chi connectivity index (χ4n) is 2.84. The number of nitrogens with zero attached hydrogens (tertiary/aromatic N) is 1. The largest absolute Gasteiger partial charge is 0.388 e. The smallest absolute Gasteiger partial charge is 0.252 e. The van der Waals surface area contributed by atoms with Crippen LogP contribution in [0.4, 0.5) is 0 Å². The van der Waals surface area contributed by atoms with Crippen molar-refractivity contribution in [3.63, 3.8) is 0 Å². The Kier molecular flexibility index (Phi) is 3.36. The van der Waals surface area contributed by atoms with E-state index in [9.17, 15) is 9.90 Å². The zero-order chi connectivity index (χ0) is 14.2. The molecule has 0 aromatic carbocycles. The van der Waals surface area contributed by atoms with Gasteiger partial charge in [0, 0.05) is 25.2 Å². The van der Waals surface area contributed by atoms with E-state index in [2.05, 4.69) is 10.2 Å². The average molecular weight is 272 g/mol. The van der Waals surface area contributed by atoms with Crippen LogP contribution in [0.2, 0.25) is 0 Å². The lowest BCUT2D eigenvalue weighted by molar-refractivity contribution is -0.119. The second kappa shape index (κ2) is 5.04. The zero-order valence-corrected chi connectivity index (χ0v) is 11.7. The maximum absolute atomic E-state index is 12.2. The third-order valence-corrected chi connectivity index (χ3v) is 4.31. The molecule has 106 valence electrons. The second-order valence-corrected chi connectivity index (χ2v) is 5.85. The summed E-state index contributed by atoms with van der Waals surface area (Å²) < 4.78 is 0. The van der Waals surface area contributed by atoms with E-state index in [4.69, 9.17) is 0 Å². The van der Waals surface area contributed by atoms with Crippen molar-refractivity contribution in [1.29, 1.82) is 0 Å². The Labute approximate surface area is 119 Å². The normalized spacial score (nSPS) is 24.0. The van der Waals surface area contributed by atoms with Crippen LogP contribution >= 0.6 is 0 Å². The quantitative estimate of drug-likeness (QED) is 0.803. The molecule has 2 aliphatic carbocycles. The SMILES string of the molecule is CN1CCC(O)(CNC(=O)C2=CC=C3C=CC=C32)CC1. The molecule has 1 heterocycles. The van der Waals surface area contributed by atoms with Gasteiger partial charge in [0.15, 0.2) is 0 Å². The van der Waals surface area contributed by atoms with Crippen LogP contribution < -0.4 is 5.32 Å². The number of piperidine rings is 1. The maximum atomic E-state index is 12.2. The highest BCUT2D eigenvalue weighted by Crippen LogP contribution is 2.31. The highest BCUT2D eigenvalue weighted by molar-refractivity contribution is 6.01. The summed E-state index contributed by atoms with van der Waals surface area (Å²) >= 11 is 0. The van der Waals surface area contributed by atoms with Crippen LogP contribution in [-0.2, 0) is 4.79 Å². The van der Waals surface area contributed by atoms with Crippen molar-refractivity contribution in [2.24, 2.45) is 0 Å². The van der Waals surface area contributed by atoms with Gasteiger partial charge in [0.1, 0.15) is 0 Å². The standard InChI is InChI=1S/C16H20N2O2/c1-18-9-7-16(20,8-10-18)11-17-15(19)14-6-5-12-3-2-4-13(12)14/h2-6,20H,7-11H2,1H3,(H,17,19). The number of aliphatic hydroxyl groups is 1. The second-order valence-electron chi connectivity index (χ2n) is 5.85. The number of rotatable bonds is 3. The van der Waals surface area contributed by atoms with E-state index in [0.717, 1.165) is 24.2 Å². The first-order valence-corrected chi connectivity index (χ1v) is 7.08. The first-order valence-electron chi connectivity index (χ1n) is 7.08. The molecule has 0 aromatic heterocycles. The van der Waals surface area contributed by atoms with E-state index >= 15 is 0 Å². The molecule has 0 aromatic rings. The predicted octanol–water partition coefficient (Wildman–Crippen LogP) is 0.922. The molecule has 1 fully saturated rings. The third-order valence-electron chi connectivity index (χ3n) is 4.31. The first-order chi connectivity index (χ1) is 9.57. The Morgan fingerprint density at radius 3 is 2.85 bits per heavy atom. The summed E-state index contributed by atoms with van der Waals surface area (Å²) in [6.07, 6.45) is 11.1. The van der Waals surface area contributed by atoms with Gasteiger partial charge < -0.3 is 15.3 Å². The molecule has 4 nitrogen and oxygen atoms in total. The van der Waals surface area contributed by atoms with Crippen molar-refractivity contribution < 1.29 is 9.90 Å². The molecule has 0 radical (unpaired) electrons. The molecular weight excluding hydrogens is 252 g/mol. The topological polar surface area (TPSA) is 52.6 Å². The lowest BCUT2D eigenvalue weighted by Crippen LogP contribution is -2.50. The summed E-state index contributed by atoms with van der Waals surface area (Å²) in [5.41, 5.74) is 2.01. The molecule has 1 aliphatic heterocycles. The molecule has 20 heavy (non-hydrogen) atoms. The van der Waals surface area contributed by atoms with Crippen LogP contribution in [0.15, 0.2) is 47.1 Å². The van der Waals surface area contributed by atoms with Gasteiger partial charge in [-0.05, 0) is 37.1 Å². The van der Waals surface area contributed by atoms with Crippen LogP contribution in [-0.4, -0.2) is 48.2 Å². The summed E-state index contributed by atoms with van der Waals surface area (Å²) in [6, 6.07) is 0. The molecular formula is C16H20N2O2. The number of hydrogen-bond donors (Lipinski definition) is 2. The van der Waals surface area contributed by atoms with Gasteiger partial charge in [-0.25, -0.2) is 0 Å². The molecule has 4 heteroatoms. The fraction of sp³-hybridized carbons (Fsp3) is 0.438. The number of carbonyl (C=O) groups is 1. The summed E-state index contributed by atoms with van der Waals surface area (Å²) in [5.74, 6) is -0.0986. The molecule has 0 unspecified atom stereocenters. The molecule has 1 amide bonds. The van der Waals surface area contributed by atoms with E-state index in [1.807, 2.05) is 37.4 Å². The van der Waals surface area contributed by atoms with Crippen molar-refractivity contribution >= 4 is 5.91 Å². The minimum absolute atomic E-state index is 0.0986. The van der Waals surface area contributed by atoms with Gasteiger partial charge in [0.25, 0.3) is 5.91 Å². The highest BCUT2D eigenvalue weighted by Gasteiger charge is 2.32. The van der Waals surface area contributed by atoms with Crippen molar-refractivity contribution in [2.45, 2.75) is 18.4 Å². The summed E-state index contributed by atoms with van der Waals surface area (Å²) in [4.78, 5) is 14.4. The number of amides is 1. The van der Waals surface area contributed by atoms with Crippen LogP contribution in [0, 0.1) is 0 Å². The number of hydrogen-bond acceptors (Lipinski definition) is 3. The Hall–Kier alpha value is -1.65. The summed E-state index contributed by atoms with van der Waals surface area (Å²) in [6.45, 7) is 2.07. The summed E-state index contributed by atoms with van der Waals surface area (Å²) in [7, 11) is 2.05. The van der Waals surface area contributed by atoms with Gasteiger partial charge in [0.05, 0.1) is 5.60 Å². The van der Waals surface area contributed by atoms with Gasteiger partial charge in [-0.1, -0.05) is 24.3 Å². The number of fused-ring (bicyclic) bond motifs is 1. The van der Waals surface area contributed by atoms with Gasteiger partial charge in [0.2, 0.25) is 0 Å². The molecule has 0 saturated carbocycles. The number of likely N-dealkylation sites (tertiary alicyclic amines) is 1. The van der Waals surface area contributed by atoms with Gasteiger partial charge >= 0.3 is 0 Å². The minimum Gasteiger partial charge on any atom is -0.388 e. The minimum atomic E-state index is -0.764. The zero-order valence-electron chi connectivity index (χ0n) is 11.7. The van der Waals surface area contributed by atoms with Gasteiger partial charge in [-0.3, -0.25) is 4.79 Å². The van der Waals surface area contributed by atoms with Crippen LogP contribution in [0.3, 0.4) is 0 Å². The Bertz CT molecular complexity index is 547. The monoisotopic (exact) mass is 272 g/mol. The molecule has 2 N–H and O–H groups in total. The van der Waals surface area contributed by atoms with E-state index in [1.54, 1.807) is 0 Å². The number of carbonyl (C=O) groups excluding carboxylic acids is 1. The van der Waals surface area contributed by atoms with Crippen LogP contribution in [0.25, 0.3) is 0 Å². The van der Waals surface area contributed by atoms with Crippen molar-refractivity contribution in [2.75, 3.05) is 26.7 Å². The van der Waals surface area contributed by atoms with Gasteiger partial charge in [-0.2, -0.15) is 0 Å². The molecule has 1 saturated heterocycles. The maximum Gasteiger partial charge on any atom is 0.252 e. The molecule has 0 spiro atoms.